The molecule has 18 heteroatoms. The third-order valence-corrected chi connectivity index (χ3v) is 10.7. The Morgan fingerprint density at radius 3 is 1.22 bits per heavy atom. The van der Waals surface area contributed by atoms with E-state index in [1.54, 1.807) is 0 Å². The summed E-state index contributed by atoms with van der Waals surface area (Å²) >= 11 is 0. The molecule has 2 aliphatic carbocycles. The van der Waals surface area contributed by atoms with E-state index in [1.165, 1.54) is 58.4 Å². The Balaban J connectivity index is 0.000000221. The van der Waals surface area contributed by atoms with E-state index in [9.17, 15) is 70.2 Å². The summed E-state index contributed by atoms with van der Waals surface area (Å²) in [5.74, 6) is -4.07. The van der Waals surface area contributed by atoms with E-state index in [1.807, 2.05) is 0 Å². The molecule has 0 aromatic heterocycles. The first kappa shape index (κ1) is 43.9. The van der Waals surface area contributed by atoms with Crippen LogP contribution in [-0.2, 0) is 28.7 Å². The standard InChI is InChI=1S/2C20H25NO8/c2*22-13-5-3-12(9-14(13)23)4-6-17(25)29-16-11-20(28,10-15(24)18(16)26)19(27)21-7-1-2-8-21/h2*3-6,9,15-16,18,22-24,26,28H,1-2,7-8,10-11H2/b2*6-4+/t15-,16-,18+,20-;15-,16-,18-,20+/m11/s1. The van der Waals surface area contributed by atoms with Crippen LogP contribution in [0.1, 0.15) is 62.5 Å². The second kappa shape index (κ2) is 18.6. The zero-order chi connectivity index (χ0) is 42.4. The van der Waals surface area contributed by atoms with Crippen molar-refractivity contribution in [2.75, 3.05) is 26.2 Å². The van der Waals surface area contributed by atoms with Crippen LogP contribution in [-0.4, -0.2) is 159 Å². The number of aliphatic hydroxyl groups excluding tert-OH is 4. The Morgan fingerprint density at radius 1 is 0.552 bits per heavy atom. The van der Waals surface area contributed by atoms with Crippen molar-refractivity contribution in [1.82, 2.24) is 9.80 Å². The molecule has 4 fully saturated rings. The fourth-order valence-electron chi connectivity index (χ4n) is 7.50. The Kier molecular flexibility index (Phi) is 14.0. The molecule has 2 saturated heterocycles. The molecule has 0 unspecified atom stereocenters. The Bertz CT molecular complexity index is 1740. The summed E-state index contributed by atoms with van der Waals surface area (Å²) in [7, 11) is 0. The van der Waals surface area contributed by atoms with Crippen LogP contribution in [0.15, 0.2) is 48.6 Å². The molecular formula is C40H50N2O16. The number of phenols is 4. The van der Waals surface area contributed by atoms with Gasteiger partial charge in [-0.15, -0.1) is 0 Å². The predicted octanol–water partition coefficient (Wildman–Crippen LogP) is -0.216. The number of carbonyl (C=O) groups excluding carboxylic acids is 4. The maximum atomic E-state index is 12.7. The first-order valence-electron chi connectivity index (χ1n) is 19.0. The predicted molar refractivity (Wildman–Crippen MR) is 201 cm³/mol. The molecule has 10 N–H and O–H groups in total. The van der Waals surface area contributed by atoms with E-state index in [-0.39, 0.29) is 48.7 Å². The van der Waals surface area contributed by atoms with Gasteiger partial charge in [0.15, 0.2) is 23.0 Å². The van der Waals surface area contributed by atoms with Crippen molar-refractivity contribution in [2.24, 2.45) is 0 Å². The number of nitrogens with zero attached hydrogens (tertiary/aromatic N) is 2. The highest BCUT2D eigenvalue weighted by Gasteiger charge is 2.53. The van der Waals surface area contributed by atoms with Crippen LogP contribution in [0.4, 0.5) is 0 Å². The summed E-state index contributed by atoms with van der Waals surface area (Å²) in [6.07, 6.45) is -1.45. The summed E-state index contributed by atoms with van der Waals surface area (Å²) in [4.78, 5) is 52.6. The molecule has 2 aromatic carbocycles. The van der Waals surface area contributed by atoms with E-state index in [0.29, 0.717) is 37.3 Å². The molecule has 18 nitrogen and oxygen atoms in total. The van der Waals surface area contributed by atoms with E-state index < -0.39 is 71.6 Å². The number of hydrogen-bond acceptors (Lipinski definition) is 16. The molecule has 8 atom stereocenters. The molecule has 6 rings (SSSR count). The highest BCUT2D eigenvalue weighted by molar-refractivity contribution is 5.89. The molecule has 58 heavy (non-hydrogen) atoms. The Hall–Kier alpha value is -5.24. The molecule has 2 aromatic rings. The van der Waals surface area contributed by atoms with Crippen LogP contribution in [0, 0.1) is 0 Å². The number of amides is 2. The summed E-state index contributed by atoms with van der Waals surface area (Å²) in [5.41, 5.74) is -3.00. The molecule has 2 amide bonds. The number of esters is 2. The minimum Gasteiger partial charge on any atom is -0.504 e. The molecule has 316 valence electrons. The molecule has 2 aliphatic heterocycles. The summed E-state index contributed by atoms with van der Waals surface area (Å²) in [6.45, 7) is 2.08. The second-order valence-electron chi connectivity index (χ2n) is 15.1. The number of likely N-dealkylation sites (tertiary alicyclic amines) is 2. The first-order valence-corrected chi connectivity index (χ1v) is 19.0. The average Bonchev–Trinajstić information content (AvgIpc) is 3.92. The van der Waals surface area contributed by atoms with Crippen molar-refractivity contribution >= 4 is 35.9 Å². The third kappa shape index (κ3) is 10.6. The Labute approximate surface area is 333 Å². The lowest BCUT2D eigenvalue weighted by molar-refractivity contribution is -0.191. The minimum atomic E-state index is -1.92. The van der Waals surface area contributed by atoms with Gasteiger partial charge in [-0.1, -0.05) is 12.1 Å². The average molecular weight is 815 g/mol. The number of carbonyl (C=O) groups is 4. The van der Waals surface area contributed by atoms with Crippen LogP contribution in [0.5, 0.6) is 23.0 Å². The summed E-state index contributed by atoms with van der Waals surface area (Å²) < 4.78 is 10.4. The van der Waals surface area contributed by atoms with Crippen LogP contribution < -0.4 is 0 Å². The number of benzene rings is 2. The smallest absolute Gasteiger partial charge is 0.331 e. The van der Waals surface area contributed by atoms with Crippen molar-refractivity contribution in [3.05, 3.63) is 59.7 Å². The number of aliphatic hydroxyl groups is 6. The van der Waals surface area contributed by atoms with Crippen molar-refractivity contribution < 1.29 is 79.7 Å². The molecule has 0 radical (unpaired) electrons. The maximum Gasteiger partial charge on any atom is 0.331 e. The van der Waals surface area contributed by atoms with E-state index in [4.69, 9.17) is 9.47 Å². The zero-order valence-corrected chi connectivity index (χ0v) is 31.5. The van der Waals surface area contributed by atoms with Gasteiger partial charge in [0.2, 0.25) is 0 Å². The molecule has 2 heterocycles. The largest absolute Gasteiger partial charge is 0.504 e. The quantitative estimate of drug-likeness (QED) is 0.0937. The van der Waals surface area contributed by atoms with Gasteiger partial charge in [0.25, 0.3) is 11.8 Å². The lowest BCUT2D eigenvalue weighted by Gasteiger charge is -2.42. The minimum absolute atomic E-state index is 0.300. The molecular weight excluding hydrogens is 764 g/mol. The van der Waals surface area contributed by atoms with Gasteiger partial charge >= 0.3 is 11.9 Å². The number of ether oxygens (including phenoxy) is 2. The van der Waals surface area contributed by atoms with Crippen LogP contribution in [0.2, 0.25) is 0 Å². The molecule has 0 bridgehead atoms. The normalized spacial score (nSPS) is 29.9. The van der Waals surface area contributed by atoms with Crippen LogP contribution >= 0.6 is 0 Å². The van der Waals surface area contributed by atoms with Gasteiger partial charge < -0.3 is 70.3 Å². The molecule has 2 saturated carbocycles. The lowest BCUT2D eigenvalue weighted by atomic mass is 9.78. The number of phenolic OH excluding ortho intramolecular Hbond substituents is 4. The molecule has 0 spiro atoms. The van der Waals surface area contributed by atoms with Gasteiger partial charge in [0, 0.05) is 64.0 Å². The lowest BCUT2D eigenvalue weighted by Crippen LogP contribution is -2.60. The van der Waals surface area contributed by atoms with Crippen molar-refractivity contribution in [1.29, 1.82) is 0 Å². The molecule has 4 aliphatic rings. The van der Waals surface area contributed by atoms with Gasteiger partial charge in [0.1, 0.15) is 35.6 Å². The number of hydrogen-bond donors (Lipinski definition) is 10. The number of aromatic hydroxyl groups is 4. The van der Waals surface area contributed by atoms with E-state index >= 15 is 0 Å². The fourth-order valence-corrected chi connectivity index (χ4v) is 7.50. The third-order valence-electron chi connectivity index (χ3n) is 10.7. The van der Waals surface area contributed by atoms with Gasteiger partial charge in [-0.2, -0.15) is 0 Å². The van der Waals surface area contributed by atoms with Crippen molar-refractivity contribution in [3.63, 3.8) is 0 Å². The van der Waals surface area contributed by atoms with Gasteiger partial charge in [-0.05, 0) is 73.2 Å². The van der Waals surface area contributed by atoms with E-state index in [2.05, 4.69) is 0 Å². The topological polar surface area (TPSA) is 296 Å². The van der Waals surface area contributed by atoms with Crippen LogP contribution in [0.3, 0.4) is 0 Å². The summed E-state index contributed by atoms with van der Waals surface area (Å²) in [6, 6.07) is 7.92. The van der Waals surface area contributed by atoms with Gasteiger partial charge in [0.05, 0.1) is 12.2 Å². The van der Waals surface area contributed by atoms with E-state index in [0.717, 1.165) is 37.8 Å². The van der Waals surface area contributed by atoms with Crippen molar-refractivity contribution in [2.45, 2.75) is 99.2 Å². The van der Waals surface area contributed by atoms with Gasteiger partial charge in [-0.25, -0.2) is 9.59 Å². The maximum absolute atomic E-state index is 12.7. The Morgan fingerprint density at radius 2 is 0.897 bits per heavy atom. The zero-order valence-electron chi connectivity index (χ0n) is 31.5. The summed E-state index contributed by atoms with van der Waals surface area (Å²) in [5, 5.41) is 99.7. The van der Waals surface area contributed by atoms with Gasteiger partial charge in [-0.3, -0.25) is 9.59 Å². The monoisotopic (exact) mass is 814 g/mol. The second-order valence-corrected chi connectivity index (χ2v) is 15.1. The van der Waals surface area contributed by atoms with Crippen molar-refractivity contribution in [3.8, 4) is 23.0 Å². The fraction of sp³-hybridized carbons (Fsp3) is 0.500. The highest BCUT2D eigenvalue weighted by Crippen LogP contribution is 2.35. The first-order chi connectivity index (χ1) is 27.4. The highest BCUT2D eigenvalue weighted by atomic mass is 16.6. The number of rotatable bonds is 8. The SMILES string of the molecule is O=C(/C=C/c1ccc(O)c(O)c1)O[C@@H]1C[C@@](O)(C(=O)N2CCCC2)C[C@@H](O)[C@@H]1O.O=C(/C=C/c1ccc(O)c(O)c1)O[C@@H]1C[C@](O)(C(=O)N2CCCC2)C[C@@H](O)[C@H]1O. The van der Waals surface area contributed by atoms with Crippen LogP contribution in [0.25, 0.3) is 12.2 Å².